The molecule has 0 amide bonds. The number of nitrogen functional groups attached to an aromatic ring is 1. The predicted molar refractivity (Wildman–Crippen MR) is 100 cm³/mol. The number of phosphoric acid groups is 3. The molecule has 1 aliphatic heterocycles. The van der Waals surface area contributed by atoms with Gasteiger partial charge in [-0.1, -0.05) is 5.11 Å². The van der Waals surface area contributed by atoms with E-state index in [9.17, 15) is 28.5 Å². The van der Waals surface area contributed by atoms with Crippen LogP contribution in [0.25, 0.3) is 10.4 Å². The molecular formula is C10H16FN6O13P3. The Morgan fingerprint density at radius 3 is 2.45 bits per heavy atom. The molecule has 1 saturated heterocycles. The summed E-state index contributed by atoms with van der Waals surface area (Å²) in [5, 5.41) is 13.6. The van der Waals surface area contributed by atoms with Gasteiger partial charge in [0.2, 0.25) is 0 Å². The molecule has 0 aliphatic carbocycles. The van der Waals surface area contributed by atoms with E-state index in [2.05, 4.69) is 28.2 Å². The maximum atomic E-state index is 15.4. The van der Waals surface area contributed by atoms with Crippen molar-refractivity contribution in [2.75, 3.05) is 12.3 Å². The predicted octanol–water partition coefficient (Wildman–Crippen LogP) is -0.207. The molecule has 7 N–H and O–H groups in total. The second-order valence-corrected chi connectivity index (χ2v) is 10.9. The zero-order valence-corrected chi connectivity index (χ0v) is 18.7. The SMILES string of the molecule is C[C@]1(N=[N+]=[N-])C(n2ccc(N)nc2=O)O[C@](F)(COP(=O)(O)OP(=O)(O)OP(=O)(O)O)[C@H]1O. The fourth-order valence-electron chi connectivity index (χ4n) is 2.67. The van der Waals surface area contributed by atoms with Crippen molar-refractivity contribution < 1.29 is 60.6 Å². The molecule has 23 heteroatoms. The van der Waals surface area contributed by atoms with Crippen LogP contribution in [-0.4, -0.2) is 58.3 Å². The van der Waals surface area contributed by atoms with Crippen LogP contribution in [0.5, 0.6) is 0 Å². The van der Waals surface area contributed by atoms with Gasteiger partial charge in [0.1, 0.15) is 24.1 Å². The van der Waals surface area contributed by atoms with E-state index in [0.29, 0.717) is 4.57 Å². The summed E-state index contributed by atoms with van der Waals surface area (Å²) in [6, 6.07) is 1.08. The number of halogens is 1. The average Bonchev–Trinajstić information content (AvgIpc) is 2.80. The third kappa shape index (κ3) is 6.44. The molecule has 1 aromatic heterocycles. The molecule has 1 aromatic rings. The number of rotatable bonds is 9. The van der Waals surface area contributed by atoms with Crippen molar-refractivity contribution >= 4 is 29.3 Å². The van der Waals surface area contributed by atoms with Gasteiger partial charge in [-0.2, -0.15) is 13.6 Å². The number of nitrogens with two attached hydrogens (primary N) is 1. The number of phosphoric ester groups is 1. The van der Waals surface area contributed by atoms with Gasteiger partial charge in [0.25, 0.3) is 5.85 Å². The van der Waals surface area contributed by atoms with Crippen molar-refractivity contribution in [3.63, 3.8) is 0 Å². The van der Waals surface area contributed by atoms with Gasteiger partial charge in [-0.3, -0.25) is 9.09 Å². The van der Waals surface area contributed by atoms with E-state index in [1.165, 1.54) is 0 Å². The maximum absolute atomic E-state index is 15.4. The quantitative estimate of drug-likeness (QED) is 0.102. The molecule has 2 rings (SSSR count). The Kier molecular flexibility index (Phi) is 7.60. The van der Waals surface area contributed by atoms with E-state index in [-0.39, 0.29) is 5.82 Å². The van der Waals surface area contributed by atoms with E-state index >= 15 is 4.39 Å². The Morgan fingerprint density at radius 1 is 1.33 bits per heavy atom. The Balaban J connectivity index is 2.32. The second-order valence-electron chi connectivity index (χ2n) is 6.48. The molecule has 0 aromatic carbocycles. The monoisotopic (exact) mass is 540 g/mol. The first-order chi connectivity index (χ1) is 14.8. The number of nitrogens with zero attached hydrogens (tertiary/aromatic N) is 5. The van der Waals surface area contributed by atoms with Gasteiger partial charge in [0.05, 0.1) is 0 Å². The van der Waals surface area contributed by atoms with E-state index in [4.69, 9.17) is 30.7 Å². The summed E-state index contributed by atoms with van der Waals surface area (Å²) in [6.07, 6.45) is -3.43. The zero-order valence-electron chi connectivity index (χ0n) is 16.1. The lowest BCUT2D eigenvalue weighted by atomic mass is 9.92. The van der Waals surface area contributed by atoms with Crippen LogP contribution >= 0.6 is 23.5 Å². The maximum Gasteiger partial charge on any atom is 0.490 e. The summed E-state index contributed by atoms with van der Waals surface area (Å²) in [4.78, 5) is 53.5. The molecule has 3 unspecified atom stereocenters. The first-order valence-corrected chi connectivity index (χ1v) is 12.6. The normalized spacial score (nSPS) is 31.4. The highest BCUT2D eigenvalue weighted by Gasteiger charge is 2.64. The lowest BCUT2D eigenvalue weighted by Gasteiger charge is -2.28. The summed E-state index contributed by atoms with van der Waals surface area (Å²) >= 11 is 0. The largest absolute Gasteiger partial charge is 0.490 e. The van der Waals surface area contributed by atoms with E-state index in [1.807, 2.05) is 0 Å². The standard InChI is InChI=1S/C10H16FN6O13P3/c1-9(15-16-13)6(18)10(11,28-7(9)17-3-2-5(12)14-8(17)19)4-27-32(23,24)30-33(25,26)29-31(20,21)22/h2-3,6-7,18H,4H2,1H3,(H,23,24)(H,25,26)(H2,12,14,19)(H2,20,21,22)/t6-,7?,9+,10+/m0/s1. The molecular weight excluding hydrogens is 524 g/mol. The van der Waals surface area contributed by atoms with Gasteiger partial charge < -0.3 is 35.2 Å². The number of aliphatic hydroxyl groups is 1. The first-order valence-electron chi connectivity index (χ1n) is 8.08. The number of aliphatic hydroxyl groups excluding tert-OH is 1. The Bertz CT molecular complexity index is 1170. The molecule has 33 heavy (non-hydrogen) atoms. The smallest absolute Gasteiger partial charge is 0.386 e. The van der Waals surface area contributed by atoms with Gasteiger partial charge in [-0.25, -0.2) is 22.9 Å². The molecule has 0 radical (unpaired) electrons. The highest BCUT2D eigenvalue weighted by molar-refractivity contribution is 7.66. The molecule has 186 valence electrons. The van der Waals surface area contributed by atoms with Crippen LogP contribution in [0.4, 0.5) is 10.2 Å². The Morgan fingerprint density at radius 2 is 1.94 bits per heavy atom. The van der Waals surface area contributed by atoms with Crippen molar-refractivity contribution in [1.29, 1.82) is 0 Å². The molecule has 19 nitrogen and oxygen atoms in total. The molecule has 2 heterocycles. The number of aromatic nitrogens is 2. The van der Waals surface area contributed by atoms with Gasteiger partial charge in [0.15, 0.2) is 6.23 Å². The van der Waals surface area contributed by atoms with E-state index < -0.39 is 59.5 Å². The van der Waals surface area contributed by atoms with Gasteiger partial charge in [0, 0.05) is 11.1 Å². The molecule has 0 saturated carbocycles. The number of anilines is 1. The molecule has 6 atom stereocenters. The highest BCUT2D eigenvalue weighted by atomic mass is 31.3. The van der Waals surface area contributed by atoms with Gasteiger partial charge in [-0.15, -0.1) is 0 Å². The molecule has 1 aliphatic rings. The molecule has 1 fully saturated rings. The summed E-state index contributed by atoms with van der Waals surface area (Å²) in [5.41, 5.74) is 10.8. The van der Waals surface area contributed by atoms with E-state index in [0.717, 1.165) is 19.2 Å². The fraction of sp³-hybridized carbons (Fsp3) is 0.600. The van der Waals surface area contributed by atoms with Crippen LogP contribution in [0, 0.1) is 0 Å². The second kappa shape index (κ2) is 9.13. The van der Waals surface area contributed by atoms with Crippen LogP contribution in [-0.2, 0) is 31.6 Å². The number of alkyl halides is 1. The lowest BCUT2D eigenvalue weighted by Crippen LogP contribution is -2.48. The van der Waals surface area contributed by atoms with E-state index in [1.54, 1.807) is 0 Å². The van der Waals surface area contributed by atoms with Crippen molar-refractivity contribution in [1.82, 2.24) is 9.55 Å². The van der Waals surface area contributed by atoms with Crippen molar-refractivity contribution in [2.24, 2.45) is 5.11 Å². The van der Waals surface area contributed by atoms with Crippen molar-refractivity contribution in [3.05, 3.63) is 33.2 Å². The third-order valence-electron chi connectivity index (χ3n) is 3.97. The minimum absolute atomic E-state index is 0.237. The van der Waals surface area contributed by atoms with Crippen LogP contribution in [0.1, 0.15) is 13.2 Å². The minimum atomic E-state index is -5.90. The molecule has 0 bridgehead atoms. The van der Waals surface area contributed by atoms with Crippen LogP contribution in [0.3, 0.4) is 0 Å². The van der Waals surface area contributed by atoms with Crippen LogP contribution in [0.2, 0.25) is 0 Å². The van der Waals surface area contributed by atoms with Gasteiger partial charge >= 0.3 is 29.2 Å². The minimum Gasteiger partial charge on any atom is -0.386 e. The van der Waals surface area contributed by atoms with Gasteiger partial charge in [-0.05, 0) is 18.5 Å². The summed E-state index contributed by atoms with van der Waals surface area (Å²) in [5.74, 6) is -3.75. The third-order valence-corrected chi connectivity index (χ3v) is 7.76. The Labute approximate surface area is 181 Å². The summed E-state index contributed by atoms with van der Waals surface area (Å²) < 4.78 is 65.8. The van der Waals surface area contributed by atoms with Crippen LogP contribution in [0.15, 0.2) is 22.2 Å². The topological polar surface area (TPSA) is 299 Å². The van der Waals surface area contributed by atoms with Crippen molar-refractivity contribution in [2.45, 2.75) is 30.6 Å². The zero-order chi connectivity index (χ0) is 25.5. The number of hydrogen-bond donors (Lipinski definition) is 6. The number of ether oxygens (including phenoxy) is 1. The Hall–Kier alpha value is -1.75. The number of azide groups is 1. The summed E-state index contributed by atoms with van der Waals surface area (Å²) in [7, 11) is -17.4. The lowest BCUT2D eigenvalue weighted by molar-refractivity contribution is -0.204. The first kappa shape index (κ1) is 27.5. The highest BCUT2D eigenvalue weighted by Crippen LogP contribution is 2.66. The van der Waals surface area contributed by atoms with Crippen LogP contribution < -0.4 is 11.4 Å². The fourth-order valence-corrected chi connectivity index (χ4v) is 5.70. The summed E-state index contributed by atoms with van der Waals surface area (Å²) in [6.45, 7) is -0.793. The van der Waals surface area contributed by atoms with Crippen molar-refractivity contribution in [3.8, 4) is 0 Å². The average molecular weight is 540 g/mol. The number of hydrogen-bond acceptors (Lipinski definition) is 12. The molecule has 0 spiro atoms.